The minimum Gasteiger partial charge on any atom is -0.455 e. The van der Waals surface area contributed by atoms with Gasteiger partial charge in [0.25, 0.3) is 0 Å². The quantitative estimate of drug-likeness (QED) is 0.625. The van der Waals surface area contributed by atoms with Gasteiger partial charge in [-0.05, 0) is 31.2 Å². The van der Waals surface area contributed by atoms with Crippen molar-refractivity contribution >= 4 is 17.9 Å². The second-order valence-corrected chi connectivity index (χ2v) is 4.57. The van der Waals surface area contributed by atoms with Crippen molar-refractivity contribution in [1.29, 1.82) is 0 Å². The molecule has 2 aromatic rings. The summed E-state index contributed by atoms with van der Waals surface area (Å²) in [6.07, 6.45) is -4.14. The highest BCUT2D eigenvalue weighted by Crippen LogP contribution is 2.31. The minimum absolute atomic E-state index is 0.0298. The Bertz CT molecular complexity index is 691. The third-order valence-electron chi connectivity index (χ3n) is 2.99. The summed E-state index contributed by atoms with van der Waals surface area (Å²) in [4.78, 5) is 23.9. The lowest BCUT2D eigenvalue weighted by molar-refractivity contribution is -0.153. The largest absolute Gasteiger partial charge is 0.455 e. The number of hydrogen-bond donors (Lipinski definition) is 0. The number of hydrogen-bond acceptors (Lipinski definition) is 3. The Hall–Kier alpha value is -2.57. The number of carbonyl (C=O) groups is 2. The van der Waals surface area contributed by atoms with Gasteiger partial charge in [-0.25, -0.2) is 0 Å². The van der Waals surface area contributed by atoms with E-state index in [9.17, 15) is 22.8 Å². The van der Waals surface area contributed by atoms with Crippen molar-refractivity contribution < 1.29 is 27.2 Å². The van der Waals surface area contributed by atoms with Crippen LogP contribution in [0.5, 0.6) is 0 Å². The molecule has 0 aliphatic heterocycles. The van der Waals surface area contributed by atoms with E-state index in [4.69, 9.17) is 4.42 Å². The molecule has 0 N–H and O–H groups in total. The molecule has 0 aliphatic carbocycles. The van der Waals surface area contributed by atoms with E-state index in [-0.39, 0.29) is 18.1 Å². The number of anilines is 1. The van der Waals surface area contributed by atoms with Crippen molar-refractivity contribution in [2.24, 2.45) is 0 Å². The van der Waals surface area contributed by atoms with Crippen molar-refractivity contribution in [3.8, 4) is 0 Å². The number of halogens is 3. The van der Waals surface area contributed by atoms with Crippen molar-refractivity contribution in [3.05, 3.63) is 53.5 Å². The Balaban J connectivity index is 2.29. The first-order chi connectivity index (χ1) is 10.3. The number of amides is 1. The first kappa shape index (κ1) is 15.8. The Labute approximate surface area is 124 Å². The number of nitrogens with zero attached hydrogens (tertiary/aromatic N) is 1. The monoisotopic (exact) mass is 311 g/mol. The summed E-state index contributed by atoms with van der Waals surface area (Å²) in [5.41, 5.74) is 0.618. The maximum Gasteiger partial charge on any atom is 0.449 e. The normalized spacial score (nSPS) is 11.3. The molecule has 2 rings (SSSR count). The number of para-hydroxylation sites is 1. The van der Waals surface area contributed by atoms with Gasteiger partial charge >= 0.3 is 6.18 Å². The first-order valence-electron chi connectivity index (χ1n) is 6.30. The molecule has 0 radical (unpaired) electrons. The van der Waals surface area contributed by atoms with E-state index < -0.39 is 11.9 Å². The average Bonchev–Trinajstić information content (AvgIpc) is 2.93. The molecule has 0 saturated heterocycles. The molecule has 0 aliphatic rings. The lowest BCUT2D eigenvalue weighted by Crippen LogP contribution is -2.22. The zero-order chi connectivity index (χ0) is 16.3. The van der Waals surface area contributed by atoms with Crippen LogP contribution in [0.3, 0.4) is 0 Å². The smallest absolute Gasteiger partial charge is 0.449 e. The Morgan fingerprint density at radius 2 is 1.91 bits per heavy atom. The predicted octanol–water partition coefficient (Wildman–Crippen LogP) is 3.66. The molecular formula is C15H12F3NO3. The summed E-state index contributed by atoms with van der Waals surface area (Å²) in [7, 11) is 0. The van der Waals surface area contributed by atoms with E-state index in [2.05, 4.69) is 0 Å². The van der Waals surface area contributed by atoms with E-state index in [0.29, 0.717) is 17.7 Å². The molecule has 0 fully saturated rings. The second kappa shape index (κ2) is 6.05. The summed E-state index contributed by atoms with van der Waals surface area (Å²) in [6, 6.07) is 8.29. The van der Waals surface area contributed by atoms with Crippen molar-refractivity contribution in [2.45, 2.75) is 19.6 Å². The van der Waals surface area contributed by atoms with Crippen molar-refractivity contribution in [2.75, 3.05) is 4.90 Å². The average molecular weight is 311 g/mol. The Kier molecular flexibility index (Phi) is 4.35. The number of benzene rings is 1. The van der Waals surface area contributed by atoms with Gasteiger partial charge in [0.1, 0.15) is 5.76 Å². The van der Waals surface area contributed by atoms with Crippen LogP contribution < -0.4 is 4.90 Å². The molecular weight excluding hydrogens is 299 g/mol. The highest BCUT2D eigenvalue weighted by molar-refractivity contribution is 6.01. The van der Waals surface area contributed by atoms with Gasteiger partial charge in [0, 0.05) is 5.56 Å². The number of rotatable bonds is 5. The maximum absolute atomic E-state index is 12.5. The first-order valence-corrected chi connectivity index (χ1v) is 6.30. The summed E-state index contributed by atoms with van der Waals surface area (Å²) >= 11 is 0. The summed E-state index contributed by atoms with van der Waals surface area (Å²) < 4.78 is 42.2. The van der Waals surface area contributed by atoms with Gasteiger partial charge in [-0.3, -0.25) is 9.59 Å². The van der Waals surface area contributed by atoms with Gasteiger partial charge in [-0.15, -0.1) is 0 Å². The third-order valence-corrected chi connectivity index (χ3v) is 2.99. The number of Topliss-reactive ketones (excluding diaryl/α,β-unsaturated/α-hetero) is 1. The van der Waals surface area contributed by atoms with Crippen LogP contribution in [0.2, 0.25) is 0 Å². The summed E-state index contributed by atoms with van der Waals surface area (Å²) in [5, 5.41) is 0. The molecule has 4 nitrogen and oxygen atoms in total. The van der Waals surface area contributed by atoms with Gasteiger partial charge < -0.3 is 9.32 Å². The molecule has 22 heavy (non-hydrogen) atoms. The topological polar surface area (TPSA) is 50.5 Å². The summed E-state index contributed by atoms with van der Waals surface area (Å²) in [5.74, 6) is -1.41. The van der Waals surface area contributed by atoms with Crippen LogP contribution in [0.25, 0.3) is 0 Å². The van der Waals surface area contributed by atoms with Gasteiger partial charge in [0.2, 0.25) is 12.2 Å². The Morgan fingerprint density at radius 3 is 2.45 bits per heavy atom. The van der Waals surface area contributed by atoms with Crippen LogP contribution in [-0.4, -0.2) is 12.2 Å². The lowest BCUT2D eigenvalue weighted by atomic mass is 10.1. The molecule has 0 saturated carbocycles. The summed E-state index contributed by atoms with van der Waals surface area (Å²) in [6.45, 7) is 1.14. The fraction of sp³-hybridized carbons (Fsp3) is 0.200. The maximum atomic E-state index is 12.5. The van der Waals surface area contributed by atoms with Crippen LogP contribution in [0.15, 0.2) is 40.8 Å². The van der Waals surface area contributed by atoms with Crippen molar-refractivity contribution in [1.82, 2.24) is 0 Å². The Morgan fingerprint density at radius 1 is 1.23 bits per heavy atom. The molecule has 0 bridgehead atoms. The van der Waals surface area contributed by atoms with E-state index in [1.807, 2.05) is 0 Å². The molecule has 7 heteroatoms. The zero-order valence-corrected chi connectivity index (χ0v) is 11.6. The van der Waals surface area contributed by atoms with Crippen LogP contribution in [-0.2, 0) is 17.5 Å². The van der Waals surface area contributed by atoms with Gasteiger partial charge in [0.15, 0.2) is 5.78 Å². The van der Waals surface area contributed by atoms with Crippen LogP contribution >= 0.6 is 0 Å². The molecule has 0 spiro atoms. The predicted molar refractivity (Wildman–Crippen MR) is 72.4 cm³/mol. The minimum atomic E-state index is -4.58. The number of ketones is 1. The van der Waals surface area contributed by atoms with E-state index in [1.54, 1.807) is 18.2 Å². The number of carbonyl (C=O) groups excluding carboxylic acids is 2. The zero-order valence-electron chi connectivity index (χ0n) is 11.6. The van der Waals surface area contributed by atoms with E-state index in [1.165, 1.54) is 13.0 Å². The highest BCUT2D eigenvalue weighted by atomic mass is 19.4. The second-order valence-electron chi connectivity index (χ2n) is 4.57. The number of alkyl halides is 3. The molecule has 1 aromatic carbocycles. The van der Waals surface area contributed by atoms with Crippen LogP contribution in [0.4, 0.5) is 18.9 Å². The van der Waals surface area contributed by atoms with E-state index in [0.717, 1.165) is 17.0 Å². The molecule has 116 valence electrons. The fourth-order valence-corrected chi connectivity index (χ4v) is 1.98. The lowest BCUT2D eigenvalue weighted by Gasteiger charge is -2.18. The number of furan rings is 1. The fourth-order valence-electron chi connectivity index (χ4n) is 1.98. The molecule has 0 atom stereocenters. The van der Waals surface area contributed by atoms with Gasteiger partial charge in [-0.2, -0.15) is 13.2 Å². The van der Waals surface area contributed by atoms with E-state index >= 15 is 0 Å². The standard InChI is InChI=1S/C15H12F3NO3/c1-10(21)12-4-2-3-5-13(12)19(9-20)8-11-6-7-14(22-11)15(16,17)18/h2-7,9H,8H2,1H3. The van der Waals surface area contributed by atoms with Crippen LogP contribution in [0, 0.1) is 0 Å². The molecule has 1 amide bonds. The van der Waals surface area contributed by atoms with Crippen molar-refractivity contribution in [3.63, 3.8) is 0 Å². The highest BCUT2D eigenvalue weighted by Gasteiger charge is 2.34. The molecule has 1 heterocycles. The molecule has 0 unspecified atom stereocenters. The third kappa shape index (κ3) is 3.36. The SMILES string of the molecule is CC(=O)c1ccccc1N(C=O)Cc1ccc(C(F)(F)F)o1. The van der Waals surface area contributed by atoms with Gasteiger partial charge in [0.05, 0.1) is 12.2 Å². The van der Waals surface area contributed by atoms with Gasteiger partial charge in [-0.1, -0.05) is 12.1 Å². The molecule has 1 aromatic heterocycles. The van der Waals surface area contributed by atoms with Crippen LogP contribution in [0.1, 0.15) is 28.8 Å².